The molecule has 0 aliphatic heterocycles. The summed E-state index contributed by atoms with van der Waals surface area (Å²) in [5, 5.41) is 8.37. The molecule has 0 amide bonds. The van der Waals surface area contributed by atoms with Crippen molar-refractivity contribution in [3.05, 3.63) is 29.8 Å². The average molecular weight is 195 g/mol. The zero-order chi connectivity index (χ0) is 10.4. The molecule has 4 heteroatoms. The van der Waals surface area contributed by atoms with E-state index in [2.05, 4.69) is 0 Å². The molecule has 0 heterocycles. The first kappa shape index (κ1) is 10.5. The van der Waals surface area contributed by atoms with Crippen molar-refractivity contribution in [3.63, 3.8) is 0 Å². The zero-order valence-electron chi connectivity index (χ0n) is 7.77. The molecule has 0 aliphatic rings. The fourth-order valence-electron chi connectivity index (χ4n) is 1.06. The largest absolute Gasteiger partial charge is 0.482 e. The van der Waals surface area contributed by atoms with Gasteiger partial charge in [0.1, 0.15) is 5.75 Å². The number of hydrogen-bond acceptors (Lipinski definition) is 3. The van der Waals surface area contributed by atoms with Crippen molar-refractivity contribution in [3.8, 4) is 5.75 Å². The number of carbonyl (C=O) groups is 1. The molecule has 0 saturated heterocycles. The van der Waals surface area contributed by atoms with E-state index in [1.54, 1.807) is 12.1 Å². The standard InChI is InChI=1S/C10H13NO3/c11-6-5-8-1-3-9(4-2-8)14-7-10(12)13/h1-4H,5-7,11H2,(H,12,13). The summed E-state index contributed by atoms with van der Waals surface area (Å²) in [6, 6.07) is 7.25. The lowest BCUT2D eigenvalue weighted by molar-refractivity contribution is -0.139. The molecule has 0 unspecified atom stereocenters. The van der Waals surface area contributed by atoms with Crippen molar-refractivity contribution in [2.24, 2.45) is 5.73 Å². The Labute approximate surface area is 82.3 Å². The molecule has 76 valence electrons. The molecule has 4 nitrogen and oxygen atoms in total. The highest BCUT2D eigenvalue weighted by molar-refractivity contribution is 5.68. The minimum Gasteiger partial charge on any atom is -0.482 e. The van der Waals surface area contributed by atoms with Crippen molar-refractivity contribution in [1.29, 1.82) is 0 Å². The molecule has 1 aromatic rings. The van der Waals surface area contributed by atoms with E-state index < -0.39 is 5.97 Å². The van der Waals surface area contributed by atoms with Gasteiger partial charge in [-0.1, -0.05) is 12.1 Å². The molecular formula is C10H13NO3. The third-order valence-corrected chi connectivity index (χ3v) is 1.72. The van der Waals surface area contributed by atoms with Crippen molar-refractivity contribution in [1.82, 2.24) is 0 Å². The van der Waals surface area contributed by atoms with Crippen LogP contribution in [-0.2, 0) is 11.2 Å². The summed E-state index contributed by atoms with van der Waals surface area (Å²) < 4.78 is 4.97. The third-order valence-electron chi connectivity index (χ3n) is 1.72. The summed E-state index contributed by atoms with van der Waals surface area (Å²) in [6.07, 6.45) is 0.819. The Kier molecular flexibility index (Phi) is 3.94. The van der Waals surface area contributed by atoms with E-state index >= 15 is 0 Å². The summed E-state index contributed by atoms with van der Waals surface area (Å²) >= 11 is 0. The van der Waals surface area contributed by atoms with Gasteiger partial charge in [0.2, 0.25) is 0 Å². The van der Waals surface area contributed by atoms with Gasteiger partial charge in [0.05, 0.1) is 0 Å². The van der Waals surface area contributed by atoms with E-state index in [-0.39, 0.29) is 6.61 Å². The first-order chi connectivity index (χ1) is 6.72. The van der Waals surface area contributed by atoms with Crippen molar-refractivity contribution in [2.75, 3.05) is 13.2 Å². The third kappa shape index (κ3) is 3.45. The summed E-state index contributed by atoms with van der Waals surface area (Å²) in [5.41, 5.74) is 6.51. The number of hydrogen-bond donors (Lipinski definition) is 2. The summed E-state index contributed by atoms with van der Waals surface area (Å²) in [4.78, 5) is 10.2. The Hall–Kier alpha value is -1.55. The Morgan fingerprint density at radius 1 is 1.36 bits per heavy atom. The molecular weight excluding hydrogens is 182 g/mol. The average Bonchev–Trinajstić information content (AvgIpc) is 2.17. The molecule has 0 aliphatic carbocycles. The van der Waals surface area contributed by atoms with Crippen LogP contribution in [0.1, 0.15) is 5.56 Å². The second-order valence-corrected chi connectivity index (χ2v) is 2.87. The van der Waals surface area contributed by atoms with E-state index in [1.807, 2.05) is 12.1 Å². The van der Waals surface area contributed by atoms with Crippen LogP contribution in [0, 0.1) is 0 Å². The van der Waals surface area contributed by atoms with Gasteiger partial charge in [-0.2, -0.15) is 0 Å². The summed E-state index contributed by atoms with van der Waals surface area (Å²) in [7, 11) is 0. The smallest absolute Gasteiger partial charge is 0.341 e. The van der Waals surface area contributed by atoms with Crippen molar-refractivity contribution in [2.45, 2.75) is 6.42 Å². The minimum atomic E-state index is -0.976. The van der Waals surface area contributed by atoms with Crippen LogP contribution in [0.2, 0.25) is 0 Å². The zero-order valence-corrected chi connectivity index (χ0v) is 7.77. The fraction of sp³-hybridized carbons (Fsp3) is 0.300. The maximum Gasteiger partial charge on any atom is 0.341 e. The molecule has 0 radical (unpaired) electrons. The number of benzene rings is 1. The van der Waals surface area contributed by atoms with Crippen LogP contribution in [0.5, 0.6) is 5.75 Å². The lowest BCUT2D eigenvalue weighted by Gasteiger charge is -2.03. The summed E-state index contributed by atoms with van der Waals surface area (Å²) in [6.45, 7) is 0.297. The van der Waals surface area contributed by atoms with E-state index in [1.165, 1.54) is 0 Å². The van der Waals surface area contributed by atoms with E-state index in [0.717, 1.165) is 12.0 Å². The van der Waals surface area contributed by atoms with Crippen molar-refractivity contribution >= 4 is 5.97 Å². The van der Waals surface area contributed by atoms with Crippen LogP contribution >= 0.6 is 0 Å². The van der Waals surface area contributed by atoms with Gasteiger partial charge >= 0.3 is 5.97 Å². The van der Waals surface area contributed by atoms with Crippen LogP contribution in [0.25, 0.3) is 0 Å². The highest BCUT2D eigenvalue weighted by Gasteiger charge is 1.98. The molecule has 14 heavy (non-hydrogen) atoms. The van der Waals surface area contributed by atoms with Gasteiger partial charge in [-0.05, 0) is 30.7 Å². The predicted octanol–water partition coefficient (Wildman–Crippen LogP) is 0.651. The van der Waals surface area contributed by atoms with Gasteiger partial charge in [0.25, 0.3) is 0 Å². The van der Waals surface area contributed by atoms with Gasteiger partial charge in [0.15, 0.2) is 6.61 Å². The van der Waals surface area contributed by atoms with E-state index in [4.69, 9.17) is 15.6 Å². The molecule has 1 aromatic carbocycles. The van der Waals surface area contributed by atoms with Crippen LogP contribution in [0.4, 0.5) is 0 Å². The fourth-order valence-corrected chi connectivity index (χ4v) is 1.06. The number of nitrogens with two attached hydrogens (primary N) is 1. The van der Waals surface area contributed by atoms with Crippen LogP contribution in [0.15, 0.2) is 24.3 Å². The second-order valence-electron chi connectivity index (χ2n) is 2.87. The number of carboxylic acid groups (broad SMARTS) is 1. The highest BCUT2D eigenvalue weighted by atomic mass is 16.5. The van der Waals surface area contributed by atoms with Gasteiger partial charge < -0.3 is 15.6 Å². The first-order valence-electron chi connectivity index (χ1n) is 4.36. The van der Waals surface area contributed by atoms with Crippen LogP contribution in [0.3, 0.4) is 0 Å². The van der Waals surface area contributed by atoms with E-state index in [9.17, 15) is 4.79 Å². The molecule has 0 bridgehead atoms. The second kappa shape index (κ2) is 5.24. The SMILES string of the molecule is NCCc1ccc(OCC(=O)O)cc1. The summed E-state index contributed by atoms with van der Waals surface area (Å²) in [5.74, 6) is -0.413. The normalized spacial score (nSPS) is 9.79. The number of ether oxygens (including phenoxy) is 1. The maximum atomic E-state index is 10.2. The molecule has 0 fully saturated rings. The van der Waals surface area contributed by atoms with Gasteiger partial charge in [-0.3, -0.25) is 0 Å². The Balaban J connectivity index is 2.50. The number of rotatable bonds is 5. The van der Waals surface area contributed by atoms with Crippen molar-refractivity contribution < 1.29 is 14.6 Å². The Morgan fingerprint density at radius 3 is 2.50 bits per heavy atom. The molecule has 3 N–H and O–H groups in total. The molecule has 0 spiro atoms. The molecule has 0 atom stereocenters. The molecule has 0 saturated carbocycles. The Morgan fingerprint density at radius 2 is 2.00 bits per heavy atom. The van der Waals surface area contributed by atoms with Crippen LogP contribution < -0.4 is 10.5 Å². The Bertz CT molecular complexity index is 295. The highest BCUT2D eigenvalue weighted by Crippen LogP contribution is 2.11. The quantitative estimate of drug-likeness (QED) is 0.723. The maximum absolute atomic E-state index is 10.2. The van der Waals surface area contributed by atoms with Gasteiger partial charge in [0, 0.05) is 0 Å². The lowest BCUT2D eigenvalue weighted by Crippen LogP contribution is -2.09. The van der Waals surface area contributed by atoms with E-state index in [0.29, 0.717) is 12.3 Å². The first-order valence-corrected chi connectivity index (χ1v) is 4.36. The van der Waals surface area contributed by atoms with Crippen LogP contribution in [-0.4, -0.2) is 24.2 Å². The molecule has 0 aromatic heterocycles. The monoisotopic (exact) mass is 195 g/mol. The minimum absolute atomic E-state index is 0.309. The number of aliphatic carboxylic acids is 1. The number of carboxylic acids is 1. The molecule has 1 rings (SSSR count). The predicted molar refractivity (Wildman–Crippen MR) is 52.3 cm³/mol. The topological polar surface area (TPSA) is 72.5 Å². The van der Waals surface area contributed by atoms with Gasteiger partial charge in [-0.15, -0.1) is 0 Å². The lowest BCUT2D eigenvalue weighted by atomic mass is 10.1. The van der Waals surface area contributed by atoms with Gasteiger partial charge in [-0.25, -0.2) is 4.79 Å².